The largest absolute Gasteiger partial charge is 0.388 e. The van der Waals surface area contributed by atoms with Crippen LogP contribution in [-0.2, 0) is 114 Å². The zero-order valence-corrected chi connectivity index (χ0v) is 60.0. The van der Waals surface area contributed by atoms with Crippen LogP contribution < -0.4 is 21.3 Å². The van der Waals surface area contributed by atoms with Crippen molar-refractivity contribution in [2.45, 2.75) is 254 Å². The maximum absolute atomic E-state index is 13.4. The highest BCUT2D eigenvalue weighted by Gasteiger charge is 2.54. The summed E-state index contributed by atoms with van der Waals surface area (Å²) in [5.41, 5.74) is -1.02. The molecule has 6 aliphatic heterocycles. The first kappa shape index (κ1) is 85.2. The number of hydrogen-bond acceptors (Lipinski definition) is 29. The zero-order chi connectivity index (χ0) is 71.4. The molecule has 0 bridgehead atoms. The molecule has 8 N–H and O–H groups in total. The van der Waals surface area contributed by atoms with E-state index in [1.807, 2.05) is 13.8 Å². The van der Waals surface area contributed by atoms with Gasteiger partial charge in [0.05, 0.1) is 58.0 Å². The minimum Gasteiger partial charge on any atom is -0.388 e. The van der Waals surface area contributed by atoms with E-state index in [4.69, 9.17) is 94.7 Å². The quantitative estimate of drug-likeness (QED) is 0.0295. The van der Waals surface area contributed by atoms with Crippen molar-refractivity contribution in [3.63, 3.8) is 0 Å². The van der Waals surface area contributed by atoms with Gasteiger partial charge in [0, 0.05) is 133 Å². The Labute approximate surface area is 588 Å². The SMILES string of the molecule is CC(=O)NC1C(OCCCOCCCOCCCOCC(COCCCOCCCOCCCOC2OC3C(C)O[C@@H](C)OC3C(O)C2NC(C)=O)(COCCCOCCCOCCCOC2OC3C(C)O[C@@H](C)OC3C(O)C2NC(C)=O)NC(=O)CCCS)OC2CC(O)OC2C1O. The molecule has 18 unspecified atom stereocenters. The molecule has 6 rings (SSSR count). The Bertz CT molecular complexity index is 2140. The lowest BCUT2D eigenvalue weighted by molar-refractivity contribution is -0.355. The van der Waals surface area contributed by atoms with Gasteiger partial charge in [-0.1, -0.05) is 0 Å². The van der Waals surface area contributed by atoms with E-state index in [1.165, 1.54) is 20.8 Å². The number of ether oxygens (including phenoxy) is 20. The average molecular weight is 1450 g/mol. The molecule has 0 saturated carbocycles. The summed E-state index contributed by atoms with van der Waals surface area (Å²) in [6.45, 7) is 18.8. The number of rotatable bonds is 52. The van der Waals surface area contributed by atoms with Gasteiger partial charge in [0.25, 0.3) is 0 Å². The van der Waals surface area contributed by atoms with E-state index in [1.54, 1.807) is 13.8 Å². The van der Waals surface area contributed by atoms with E-state index in [0.29, 0.717) is 169 Å². The van der Waals surface area contributed by atoms with Crippen molar-refractivity contribution in [3.05, 3.63) is 0 Å². The van der Waals surface area contributed by atoms with E-state index >= 15 is 0 Å². The summed E-state index contributed by atoms with van der Waals surface area (Å²) in [5.74, 6) is -0.649. The Kier molecular flexibility index (Phi) is 41.0. The number of amides is 4. The van der Waals surface area contributed by atoms with Crippen LogP contribution in [0, 0.1) is 0 Å². The van der Waals surface area contributed by atoms with E-state index in [2.05, 4.69) is 33.9 Å². The van der Waals surface area contributed by atoms with Crippen molar-refractivity contribution in [2.24, 2.45) is 0 Å². The zero-order valence-electron chi connectivity index (χ0n) is 59.1. The monoisotopic (exact) mass is 1450 g/mol. The first-order chi connectivity index (χ1) is 47.8. The van der Waals surface area contributed by atoms with Crippen LogP contribution in [0.5, 0.6) is 0 Å². The highest BCUT2D eigenvalue weighted by molar-refractivity contribution is 7.80. The Morgan fingerprint density at radius 2 is 0.707 bits per heavy atom. The normalized spacial score (nSPS) is 31.9. The molecule has 0 aromatic carbocycles. The maximum atomic E-state index is 13.4. The molecule has 0 aromatic rings. The predicted octanol–water partition coefficient (Wildman–Crippen LogP) is 0.440. The molecule has 4 amide bonds. The molecule has 0 radical (unpaired) electrons. The summed E-state index contributed by atoms with van der Waals surface area (Å²) >= 11 is 4.33. The second kappa shape index (κ2) is 47.7. The third kappa shape index (κ3) is 30.7. The van der Waals surface area contributed by atoms with Gasteiger partial charge in [0.2, 0.25) is 23.6 Å². The number of carbonyl (C=O) groups is 4. The Morgan fingerprint density at radius 3 is 1.04 bits per heavy atom. The van der Waals surface area contributed by atoms with Gasteiger partial charge in [-0.05, 0) is 97.7 Å². The number of hydrogen-bond donors (Lipinski definition) is 9. The van der Waals surface area contributed by atoms with Crippen LogP contribution in [0.3, 0.4) is 0 Å². The van der Waals surface area contributed by atoms with E-state index in [-0.39, 0.29) is 88.3 Å². The van der Waals surface area contributed by atoms with Crippen molar-refractivity contribution in [1.29, 1.82) is 0 Å². The van der Waals surface area contributed by atoms with Crippen LogP contribution in [0.2, 0.25) is 0 Å². The van der Waals surface area contributed by atoms with Crippen LogP contribution in [0.25, 0.3) is 0 Å². The fourth-order valence-electron chi connectivity index (χ4n) is 12.3. The van der Waals surface area contributed by atoms with Crippen LogP contribution in [-0.4, -0.2) is 317 Å². The molecule has 6 aliphatic rings. The lowest BCUT2D eigenvalue weighted by atomic mass is 9.93. The summed E-state index contributed by atoms with van der Waals surface area (Å²) in [4.78, 5) is 49.3. The number of carbonyl (C=O) groups excluding carboxylic acids is 4. The first-order valence-electron chi connectivity index (χ1n) is 35.5. The standard InChI is InChI=1S/C66H118N4O28S/c1-42-58-61(93-47(6)91-42)56(77)53(68-45(4)72)64(97-58)89-35-16-29-83-23-10-20-80-26-13-32-86-40-66(70-50(74)18-8-37-99,39-85-31-12-25-79-19-9-22-82-28-15-34-88-63-52(67-44(3)71)55(76)60-49(95-63)38-51(75)96-60)41-87-33-14-27-81-21-11-24-84-30-17-36-90-65-54(69-46(5)73)57(78)62-59(98-65)43(2)92-48(7)94-62/h42-43,47-49,51-65,75-78,99H,8-41H2,1-7H3,(H,67,71)(H,68,72)(H,69,73)(H,70,74)/t42?,43?,47-,48-,49?,51?,52?,53?,54?,55?,56?,57?,58?,59?,60?,61?,62?,63?,64?,65?,66?/m1/s1. The maximum Gasteiger partial charge on any atom is 0.220 e. The third-order valence-corrected chi connectivity index (χ3v) is 17.2. The number of fused-ring (bicyclic) bond motifs is 3. The third-order valence-electron chi connectivity index (χ3n) is 16.9. The van der Waals surface area contributed by atoms with Crippen molar-refractivity contribution in [1.82, 2.24) is 21.3 Å². The molecule has 0 aromatic heterocycles. The number of aliphatic hydroxyl groups excluding tert-OH is 4. The Morgan fingerprint density at radius 1 is 0.394 bits per heavy atom. The molecule has 576 valence electrons. The van der Waals surface area contributed by atoms with Gasteiger partial charge in [-0.3, -0.25) is 19.2 Å². The number of thiol groups is 1. The van der Waals surface area contributed by atoms with Crippen molar-refractivity contribution in [3.8, 4) is 0 Å². The fraction of sp³-hybridized carbons (Fsp3) is 0.939. The summed E-state index contributed by atoms with van der Waals surface area (Å²) in [6, 6.07) is -2.50. The van der Waals surface area contributed by atoms with Gasteiger partial charge in [-0.25, -0.2) is 0 Å². The first-order valence-corrected chi connectivity index (χ1v) is 36.2. The highest BCUT2D eigenvalue weighted by Crippen LogP contribution is 2.35. The topological polar surface area (TPSA) is 382 Å². The molecular formula is C66H118N4O28S. The highest BCUT2D eigenvalue weighted by atomic mass is 32.1. The fourth-order valence-corrected chi connectivity index (χ4v) is 12.5. The summed E-state index contributed by atoms with van der Waals surface area (Å²) < 4.78 is 118. The molecule has 6 fully saturated rings. The molecule has 0 spiro atoms. The van der Waals surface area contributed by atoms with Crippen molar-refractivity contribution < 1.29 is 134 Å². The van der Waals surface area contributed by atoms with Crippen LogP contribution in [0.1, 0.15) is 126 Å². The van der Waals surface area contributed by atoms with E-state index in [0.717, 1.165) is 0 Å². The lowest BCUT2D eigenvalue weighted by Crippen LogP contribution is -2.68. The molecule has 99 heavy (non-hydrogen) atoms. The molecule has 20 atom stereocenters. The van der Waals surface area contributed by atoms with E-state index in [9.17, 15) is 39.6 Å². The lowest BCUT2D eigenvalue weighted by Gasteiger charge is -2.49. The van der Waals surface area contributed by atoms with Gasteiger partial charge in [-0.2, -0.15) is 12.6 Å². The minimum atomic E-state index is -1.11. The molecule has 0 aliphatic carbocycles. The van der Waals surface area contributed by atoms with Gasteiger partial charge < -0.3 is 136 Å². The Hall–Kier alpha value is -2.73. The molecule has 6 saturated heterocycles. The number of nitrogens with one attached hydrogen (secondary N) is 4. The van der Waals surface area contributed by atoms with Crippen LogP contribution in [0.4, 0.5) is 0 Å². The molecular weight excluding hydrogens is 1330 g/mol. The van der Waals surface area contributed by atoms with Gasteiger partial charge in [0.1, 0.15) is 72.5 Å². The van der Waals surface area contributed by atoms with Gasteiger partial charge in [0.15, 0.2) is 37.7 Å². The average Bonchev–Trinajstić information content (AvgIpc) is 1.39. The summed E-state index contributed by atoms with van der Waals surface area (Å²) in [7, 11) is 0. The van der Waals surface area contributed by atoms with E-state index < -0.39 is 116 Å². The van der Waals surface area contributed by atoms with Crippen molar-refractivity contribution >= 4 is 36.3 Å². The van der Waals surface area contributed by atoms with Gasteiger partial charge >= 0.3 is 0 Å². The summed E-state index contributed by atoms with van der Waals surface area (Å²) in [6.07, 6.45) is -6.15. The van der Waals surface area contributed by atoms with Crippen LogP contribution in [0.15, 0.2) is 0 Å². The van der Waals surface area contributed by atoms with Crippen LogP contribution >= 0.6 is 12.6 Å². The second-order valence-corrected chi connectivity index (χ2v) is 26.2. The smallest absolute Gasteiger partial charge is 0.220 e. The molecule has 33 heteroatoms. The second-order valence-electron chi connectivity index (χ2n) is 25.7. The van der Waals surface area contributed by atoms with Gasteiger partial charge in [-0.15, -0.1) is 0 Å². The minimum absolute atomic E-state index is 0.112. The summed E-state index contributed by atoms with van der Waals surface area (Å²) in [5, 5.41) is 54.3. The number of aliphatic hydroxyl groups is 4. The Balaban J connectivity index is 0.855. The molecule has 6 heterocycles. The van der Waals surface area contributed by atoms with Crippen molar-refractivity contribution in [2.75, 3.05) is 144 Å². The molecule has 32 nitrogen and oxygen atoms in total. The predicted molar refractivity (Wildman–Crippen MR) is 353 cm³/mol.